The Hall–Kier alpha value is -3.01. The minimum Gasteiger partial charge on any atom is -0.381 e. The van der Waals surface area contributed by atoms with Crippen LogP contribution in [-0.4, -0.2) is 4.92 Å². The number of benzene rings is 2. The summed E-state index contributed by atoms with van der Waals surface area (Å²) in [6.45, 7) is -0.0351. The number of nitriles is 1. The smallest absolute Gasteiger partial charge is 0.289 e. The molecule has 0 bridgehead atoms. The number of anilines is 1. The van der Waals surface area contributed by atoms with Gasteiger partial charge in [-0.3, -0.25) is 10.1 Å². The summed E-state index contributed by atoms with van der Waals surface area (Å²) in [6.07, 6.45) is 0. The standard InChI is InChI=1S/C14H9F2N3O2/c15-11-2-4-13(16)10(5-11)8-18-12-3-1-9(7-17)14(6-12)19(20)21/h1-6,18H,8H2. The van der Waals surface area contributed by atoms with Crippen LogP contribution in [0.2, 0.25) is 0 Å². The normalized spacial score (nSPS) is 9.95. The molecule has 0 atom stereocenters. The minimum absolute atomic E-state index is 0.0351. The van der Waals surface area contributed by atoms with E-state index < -0.39 is 16.6 Å². The molecule has 0 saturated carbocycles. The van der Waals surface area contributed by atoms with Crippen LogP contribution in [0.25, 0.3) is 0 Å². The van der Waals surface area contributed by atoms with Crippen LogP contribution in [0, 0.1) is 33.1 Å². The van der Waals surface area contributed by atoms with Gasteiger partial charge in [0.05, 0.1) is 4.92 Å². The van der Waals surface area contributed by atoms with E-state index in [1.807, 2.05) is 0 Å². The predicted octanol–water partition coefficient (Wildman–Crippen LogP) is 3.36. The quantitative estimate of drug-likeness (QED) is 0.691. The van der Waals surface area contributed by atoms with Crippen LogP contribution in [0.15, 0.2) is 36.4 Å². The first-order chi connectivity index (χ1) is 10.0. The largest absolute Gasteiger partial charge is 0.381 e. The van der Waals surface area contributed by atoms with Crippen LogP contribution in [0.5, 0.6) is 0 Å². The Morgan fingerprint density at radius 2 is 2.00 bits per heavy atom. The Morgan fingerprint density at radius 1 is 1.24 bits per heavy atom. The molecule has 0 saturated heterocycles. The first-order valence-corrected chi connectivity index (χ1v) is 5.87. The molecule has 0 aliphatic rings. The van der Waals surface area contributed by atoms with Crippen LogP contribution in [-0.2, 0) is 6.54 Å². The van der Waals surface area contributed by atoms with Crippen molar-refractivity contribution in [2.24, 2.45) is 0 Å². The molecule has 0 fully saturated rings. The second-order valence-corrected chi connectivity index (χ2v) is 4.19. The van der Waals surface area contributed by atoms with Gasteiger partial charge < -0.3 is 5.32 Å². The van der Waals surface area contributed by atoms with Crippen LogP contribution in [0.4, 0.5) is 20.2 Å². The number of hydrogen-bond donors (Lipinski definition) is 1. The highest BCUT2D eigenvalue weighted by Crippen LogP contribution is 2.23. The Morgan fingerprint density at radius 3 is 2.67 bits per heavy atom. The third-order valence-corrected chi connectivity index (χ3v) is 2.81. The van der Waals surface area contributed by atoms with Gasteiger partial charge in [0.2, 0.25) is 0 Å². The van der Waals surface area contributed by atoms with E-state index in [0.29, 0.717) is 5.69 Å². The Kier molecular flexibility index (Phi) is 4.09. The minimum atomic E-state index is -0.674. The van der Waals surface area contributed by atoms with Crippen molar-refractivity contribution in [3.8, 4) is 6.07 Å². The molecular formula is C14H9F2N3O2. The van der Waals surface area contributed by atoms with Crippen LogP contribution >= 0.6 is 0 Å². The molecule has 0 radical (unpaired) electrons. The molecule has 0 amide bonds. The highest BCUT2D eigenvalue weighted by Gasteiger charge is 2.14. The molecule has 0 aliphatic heterocycles. The van der Waals surface area contributed by atoms with E-state index in [-0.39, 0.29) is 23.4 Å². The van der Waals surface area contributed by atoms with Crippen LogP contribution in [0.1, 0.15) is 11.1 Å². The third kappa shape index (κ3) is 3.30. The molecule has 7 heteroatoms. The lowest BCUT2D eigenvalue weighted by Crippen LogP contribution is -2.03. The lowest BCUT2D eigenvalue weighted by atomic mass is 10.1. The summed E-state index contributed by atoms with van der Waals surface area (Å²) in [5, 5.41) is 22.3. The summed E-state index contributed by atoms with van der Waals surface area (Å²) < 4.78 is 26.5. The Balaban J connectivity index is 2.21. The van der Waals surface area contributed by atoms with Crippen molar-refractivity contribution >= 4 is 11.4 Å². The first kappa shape index (κ1) is 14.4. The van der Waals surface area contributed by atoms with Crippen molar-refractivity contribution in [2.75, 3.05) is 5.32 Å². The molecule has 2 rings (SSSR count). The summed E-state index contributed by atoms with van der Waals surface area (Å²) >= 11 is 0. The summed E-state index contributed by atoms with van der Waals surface area (Å²) in [4.78, 5) is 10.1. The molecule has 0 unspecified atom stereocenters. The lowest BCUT2D eigenvalue weighted by molar-refractivity contribution is -0.385. The van der Waals surface area contributed by atoms with Crippen molar-refractivity contribution in [2.45, 2.75) is 6.54 Å². The van der Waals surface area contributed by atoms with Crippen LogP contribution < -0.4 is 5.32 Å². The Bertz CT molecular complexity index is 741. The first-order valence-electron chi connectivity index (χ1n) is 5.87. The van der Waals surface area contributed by atoms with Crippen molar-refractivity contribution in [1.29, 1.82) is 5.26 Å². The molecule has 5 nitrogen and oxygen atoms in total. The molecule has 106 valence electrons. The predicted molar refractivity (Wildman–Crippen MR) is 71.5 cm³/mol. The van der Waals surface area contributed by atoms with E-state index in [1.165, 1.54) is 18.2 Å². The Labute approximate surface area is 118 Å². The van der Waals surface area contributed by atoms with Gasteiger partial charge >= 0.3 is 0 Å². The summed E-state index contributed by atoms with van der Waals surface area (Å²) in [7, 11) is 0. The maximum absolute atomic E-state index is 13.4. The zero-order valence-electron chi connectivity index (χ0n) is 10.6. The zero-order valence-corrected chi connectivity index (χ0v) is 10.6. The monoisotopic (exact) mass is 289 g/mol. The van der Waals surface area contributed by atoms with Gasteiger partial charge in [0.15, 0.2) is 0 Å². The topological polar surface area (TPSA) is 79.0 Å². The maximum atomic E-state index is 13.4. The van der Waals surface area contributed by atoms with Gasteiger partial charge in [0.1, 0.15) is 23.3 Å². The van der Waals surface area contributed by atoms with Crippen molar-refractivity contribution in [3.05, 3.63) is 69.3 Å². The van der Waals surface area contributed by atoms with E-state index in [4.69, 9.17) is 5.26 Å². The fourth-order valence-electron chi connectivity index (χ4n) is 1.76. The summed E-state index contributed by atoms with van der Waals surface area (Å²) in [5.74, 6) is -1.15. The SMILES string of the molecule is N#Cc1ccc(NCc2cc(F)ccc2F)cc1[N+](=O)[O-]. The fourth-order valence-corrected chi connectivity index (χ4v) is 1.76. The van der Waals surface area contributed by atoms with E-state index in [2.05, 4.69) is 5.32 Å². The highest BCUT2D eigenvalue weighted by molar-refractivity contribution is 5.59. The van der Waals surface area contributed by atoms with Gasteiger partial charge in [0, 0.05) is 23.9 Å². The van der Waals surface area contributed by atoms with Gasteiger partial charge in [-0.25, -0.2) is 8.78 Å². The number of hydrogen-bond acceptors (Lipinski definition) is 4. The highest BCUT2D eigenvalue weighted by atomic mass is 19.1. The summed E-state index contributed by atoms with van der Waals surface area (Å²) in [6, 6.07) is 8.70. The van der Waals surface area contributed by atoms with Crippen molar-refractivity contribution in [3.63, 3.8) is 0 Å². The molecule has 0 spiro atoms. The molecule has 2 aromatic rings. The number of nitro benzene ring substituents is 1. The summed E-state index contributed by atoms with van der Waals surface area (Å²) in [5.41, 5.74) is 0.0241. The molecule has 1 N–H and O–H groups in total. The average molecular weight is 289 g/mol. The van der Waals surface area contributed by atoms with Gasteiger partial charge in [-0.2, -0.15) is 5.26 Å². The van der Waals surface area contributed by atoms with Gasteiger partial charge in [-0.15, -0.1) is 0 Å². The molecule has 2 aromatic carbocycles. The van der Waals surface area contributed by atoms with E-state index in [1.54, 1.807) is 6.07 Å². The number of nitrogens with one attached hydrogen (secondary N) is 1. The average Bonchev–Trinajstić information content (AvgIpc) is 2.47. The maximum Gasteiger partial charge on any atom is 0.289 e. The molecule has 0 heterocycles. The molecule has 0 aromatic heterocycles. The van der Waals surface area contributed by atoms with Crippen molar-refractivity contribution in [1.82, 2.24) is 0 Å². The van der Waals surface area contributed by atoms with Crippen molar-refractivity contribution < 1.29 is 13.7 Å². The third-order valence-electron chi connectivity index (χ3n) is 2.81. The number of nitro groups is 1. The lowest BCUT2D eigenvalue weighted by Gasteiger charge is -2.08. The van der Waals surface area contributed by atoms with Gasteiger partial charge in [-0.1, -0.05) is 0 Å². The van der Waals surface area contributed by atoms with E-state index >= 15 is 0 Å². The van der Waals surface area contributed by atoms with E-state index in [9.17, 15) is 18.9 Å². The molecule has 0 aliphatic carbocycles. The second kappa shape index (κ2) is 5.96. The van der Waals surface area contributed by atoms with Crippen LogP contribution in [0.3, 0.4) is 0 Å². The molecule has 21 heavy (non-hydrogen) atoms. The van der Waals surface area contributed by atoms with Gasteiger partial charge in [-0.05, 0) is 30.3 Å². The zero-order chi connectivity index (χ0) is 15.4. The number of rotatable bonds is 4. The second-order valence-electron chi connectivity index (χ2n) is 4.19. The number of nitrogens with zero attached hydrogens (tertiary/aromatic N) is 2. The molecular weight excluding hydrogens is 280 g/mol. The van der Waals surface area contributed by atoms with E-state index in [0.717, 1.165) is 18.2 Å². The number of halogens is 2. The van der Waals surface area contributed by atoms with Gasteiger partial charge in [0.25, 0.3) is 5.69 Å². The fraction of sp³-hybridized carbons (Fsp3) is 0.0714.